The van der Waals surface area contributed by atoms with Crippen molar-refractivity contribution in [2.45, 2.75) is 0 Å². The van der Waals surface area contributed by atoms with Gasteiger partial charge in [-0.1, -0.05) is 109 Å². The Balaban J connectivity index is 1.13. The number of rotatable bonds is 4. The first-order valence-corrected chi connectivity index (χ1v) is 18.3. The first kappa shape index (κ1) is 30.7. The van der Waals surface area contributed by atoms with Crippen molar-refractivity contribution >= 4 is 65.4 Å². The fraction of sp³-hybridized carbons (Fsp3) is 0. The van der Waals surface area contributed by atoms with Gasteiger partial charge in [0.15, 0.2) is 0 Å². The fourth-order valence-corrected chi connectivity index (χ4v) is 8.83. The zero-order chi connectivity index (χ0) is 36.6. The van der Waals surface area contributed by atoms with Gasteiger partial charge in [0.05, 0.1) is 61.7 Å². The molecule has 0 aliphatic heterocycles. The van der Waals surface area contributed by atoms with Crippen LogP contribution in [0.4, 0.5) is 0 Å². The summed E-state index contributed by atoms with van der Waals surface area (Å²) in [6, 6.07) is 65.9. The molecule has 11 aromatic rings. The number of fused-ring (bicyclic) bond motifs is 9. The van der Waals surface area contributed by atoms with Gasteiger partial charge in [-0.05, 0) is 77.9 Å². The minimum absolute atomic E-state index is 0.582. The van der Waals surface area contributed by atoms with Crippen LogP contribution in [0, 0.1) is 22.7 Å². The Hall–Kier alpha value is -7.86. The van der Waals surface area contributed by atoms with Gasteiger partial charge in [0.25, 0.3) is 0 Å². The van der Waals surface area contributed by atoms with E-state index in [1.807, 2.05) is 30.3 Å². The van der Waals surface area contributed by atoms with Gasteiger partial charge < -0.3 is 13.7 Å². The van der Waals surface area contributed by atoms with Gasteiger partial charge in [-0.2, -0.15) is 10.5 Å². The molecular formula is C50H29N5. The van der Waals surface area contributed by atoms with Crippen molar-refractivity contribution in [3.8, 4) is 40.3 Å². The Kier molecular flexibility index (Phi) is 6.61. The third kappa shape index (κ3) is 4.39. The Morgan fingerprint density at radius 2 is 0.873 bits per heavy atom. The van der Waals surface area contributed by atoms with Crippen molar-refractivity contribution in [1.29, 1.82) is 10.5 Å². The molecule has 3 heterocycles. The van der Waals surface area contributed by atoms with Gasteiger partial charge >= 0.3 is 0 Å². The summed E-state index contributed by atoms with van der Waals surface area (Å²) in [4.78, 5) is 0. The summed E-state index contributed by atoms with van der Waals surface area (Å²) >= 11 is 0. The number of para-hydroxylation sites is 5. The van der Waals surface area contributed by atoms with Gasteiger partial charge in [-0.15, -0.1) is 0 Å². The standard InChI is InChI=1S/C50H29N5/c51-30-34-13-10-24-47-49(34)41-18-4-8-23-46(41)53(47)36-14-9-12-32(29-36)33-26-27-42(35(28-33)31-52)55-45-22-7-3-17-39(45)40-19-11-25-48(50(40)55)54-43-20-5-1-15-37(43)38-16-2-6-21-44(38)54/h1-29H. The second-order valence-electron chi connectivity index (χ2n) is 14.0. The van der Waals surface area contributed by atoms with E-state index in [0.717, 1.165) is 82.8 Å². The van der Waals surface area contributed by atoms with Crippen LogP contribution in [0.1, 0.15) is 11.1 Å². The Morgan fingerprint density at radius 3 is 1.56 bits per heavy atom. The molecule has 3 aromatic heterocycles. The first-order valence-electron chi connectivity index (χ1n) is 18.3. The molecule has 0 spiro atoms. The predicted octanol–water partition coefficient (Wildman–Crippen LogP) is 12.4. The number of nitriles is 2. The summed E-state index contributed by atoms with van der Waals surface area (Å²) in [6.07, 6.45) is 0. The zero-order valence-corrected chi connectivity index (χ0v) is 29.5. The lowest BCUT2D eigenvalue weighted by atomic mass is 10.0. The van der Waals surface area contributed by atoms with Crippen molar-refractivity contribution in [2.24, 2.45) is 0 Å². The van der Waals surface area contributed by atoms with Crippen LogP contribution in [0.25, 0.3) is 93.6 Å². The molecular weight excluding hydrogens is 671 g/mol. The van der Waals surface area contributed by atoms with Crippen LogP contribution in [-0.4, -0.2) is 13.7 Å². The molecule has 0 saturated heterocycles. The number of nitrogens with zero attached hydrogens (tertiary/aromatic N) is 5. The van der Waals surface area contributed by atoms with Gasteiger partial charge in [0.1, 0.15) is 6.07 Å². The quantitative estimate of drug-likeness (QED) is 0.184. The molecule has 0 unspecified atom stereocenters. The summed E-state index contributed by atoms with van der Waals surface area (Å²) in [5, 5.41) is 27.5. The van der Waals surface area contributed by atoms with E-state index >= 15 is 0 Å². The number of hydrogen-bond acceptors (Lipinski definition) is 2. The SMILES string of the molecule is N#Cc1cc(-c2cccc(-n3c4ccccc4c4c(C#N)cccc43)c2)ccc1-n1c2ccccc2c2cccc(-n3c4ccccc4c4ccccc43)c21. The second kappa shape index (κ2) is 11.8. The monoisotopic (exact) mass is 699 g/mol. The molecule has 11 rings (SSSR count). The zero-order valence-electron chi connectivity index (χ0n) is 29.5. The minimum Gasteiger partial charge on any atom is -0.309 e. The highest BCUT2D eigenvalue weighted by Crippen LogP contribution is 2.41. The average molecular weight is 700 g/mol. The van der Waals surface area contributed by atoms with Crippen molar-refractivity contribution in [3.05, 3.63) is 187 Å². The summed E-state index contributed by atoms with van der Waals surface area (Å²) < 4.78 is 6.86. The smallest absolute Gasteiger partial charge is 0.101 e. The topological polar surface area (TPSA) is 62.4 Å². The summed E-state index contributed by atoms with van der Waals surface area (Å²) in [7, 11) is 0. The van der Waals surface area contributed by atoms with E-state index in [0.29, 0.717) is 11.1 Å². The van der Waals surface area contributed by atoms with Crippen molar-refractivity contribution in [2.75, 3.05) is 0 Å². The third-order valence-corrected chi connectivity index (χ3v) is 11.1. The highest BCUT2D eigenvalue weighted by Gasteiger charge is 2.22. The molecule has 0 fully saturated rings. The molecule has 0 radical (unpaired) electrons. The predicted molar refractivity (Wildman–Crippen MR) is 224 cm³/mol. The molecule has 55 heavy (non-hydrogen) atoms. The van der Waals surface area contributed by atoms with Gasteiger partial charge in [-0.3, -0.25) is 0 Å². The Morgan fingerprint density at radius 1 is 0.345 bits per heavy atom. The van der Waals surface area contributed by atoms with E-state index in [4.69, 9.17) is 0 Å². The van der Waals surface area contributed by atoms with E-state index in [2.05, 4.69) is 171 Å². The van der Waals surface area contributed by atoms with Crippen LogP contribution in [-0.2, 0) is 0 Å². The third-order valence-electron chi connectivity index (χ3n) is 11.1. The highest BCUT2D eigenvalue weighted by atomic mass is 15.1. The fourth-order valence-electron chi connectivity index (χ4n) is 8.83. The van der Waals surface area contributed by atoms with Crippen LogP contribution in [0.2, 0.25) is 0 Å². The lowest BCUT2D eigenvalue weighted by Crippen LogP contribution is -2.02. The molecule has 8 aromatic carbocycles. The van der Waals surface area contributed by atoms with Crippen LogP contribution >= 0.6 is 0 Å². The number of aromatic nitrogens is 3. The molecule has 5 heteroatoms. The van der Waals surface area contributed by atoms with E-state index in [1.54, 1.807) is 0 Å². The molecule has 0 N–H and O–H groups in total. The maximum absolute atomic E-state index is 10.9. The largest absolute Gasteiger partial charge is 0.309 e. The summed E-state index contributed by atoms with van der Waals surface area (Å²) in [6.45, 7) is 0. The molecule has 254 valence electrons. The van der Waals surface area contributed by atoms with E-state index < -0.39 is 0 Å². The number of hydrogen-bond donors (Lipinski definition) is 0. The normalized spacial score (nSPS) is 11.6. The molecule has 0 aliphatic carbocycles. The van der Waals surface area contributed by atoms with Crippen molar-refractivity contribution in [1.82, 2.24) is 13.7 Å². The van der Waals surface area contributed by atoms with Crippen molar-refractivity contribution in [3.63, 3.8) is 0 Å². The average Bonchev–Trinajstić information content (AvgIpc) is 3.89. The maximum atomic E-state index is 10.9. The van der Waals surface area contributed by atoms with Crippen molar-refractivity contribution < 1.29 is 0 Å². The molecule has 0 saturated carbocycles. The molecule has 0 amide bonds. The first-order chi connectivity index (χ1) is 27.2. The Bertz CT molecular complexity index is 3420. The van der Waals surface area contributed by atoms with Crippen LogP contribution < -0.4 is 0 Å². The lowest BCUT2D eigenvalue weighted by Gasteiger charge is -2.16. The summed E-state index contributed by atoms with van der Waals surface area (Å²) in [5.41, 5.74) is 12.4. The molecule has 0 bridgehead atoms. The minimum atomic E-state index is 0.582. The maximum Gasteiger partial charge on any atom is 0.101 e. The Labute approximate surface area is 316 Å². The second-order valence-corrected chi connectivity index (χ2v) is 14.0. The molecule has 0 aliphatic rings. The lowest BCUT2D eigenvalue weighted by molar-refractivity contribution is 1.12. The van der Waals surface area contributed by atoms with Gasteiger partial charge in [-0.25, -0.2) is 0 Å². The van der Waals surface area contributed by atoms with E-state index in [9.17, 15) is 10.5 Å². The van der Waals surface area contributed by atoms with E-state index in [-0.39, 0.29) is 0 Å². The molecule has 0 atom stereocenters. The van der Waals surface area contributed by atoms with Gasteiger partial charge in [0, 0.05) is 38.0 Å². The van der Waals surface area contributed by atoms with Crippen LogP contribution in [0.5, 0.6) is 0 Å². The van der Waals surface area contributed by atoms with Crippen LogP contribution in [0.3, 0.4) is 0 Å². The molecule has 5 nitrogen and oxygen atoms in total. The summed E-state index contributed by atoms with van der Waals surface area (Å²) in [5.74, 6) is 0. The number of benzene rings is 8. The van der Waals surface area contributed by atoms with E-state index in [1.165, 1.54) is 10.8 Å². The van der Waals surface area contributed by atoms with Gasteiger partial charge in [0.2, 0.25) is 0 Å². The van der Waals surface area contributed by atoms with Crippen LogP contribution in [0.15, 0.2) is 176 Å². The highest BCUT2D eigenvalue weighted by molar-refractivity contribution is 6.15.